The van der Waals surface area contributed by atoms with Crippen LogP contribution in [0.4, 0.5) is 5.69 Å². The highest BCUT2D eigenvalue weighted by atomic mass is 16.5. The molecule has 0 bridgehead atoms. The number of ether oxygens (including phenoxy) is 1. The van der Waals surface area contributed by atoms with Crippen LogP contribution >= 0.6 is 0 Å². The first kappa shape index (κ1) is 16.6. The van der Waals surface area contributed by atoms with Crippen molar-refractivity contribution >= 4 is 11.6 Å². The van der Waals surface area contributed by atoms with E-state index in [0.29, 0.717) is 13.2 Å². The van der Waals surface area contributed by atoms with E-state index in [1.165, 1.54) is 0 Å². The molecule has 1 aromatic carbocycles. The Kier molecular flexibility index (Phi) is 6.07. The molecule has 5 heteroatoms. The lowest BCUT2D eigenvalue weighted by Gasteiger charge is -2.38. The number of likely N-dealkylation sites (N-methyl/N-ethyl adjacent to an activating group) is 1. The smallest absolute Gasteiger partial charge is 0.237 e. The Labute approximate surface area is 133 Å². The lowest BCUT2D eigenvalue weighted by atomic mass is 10.2. The Morgan fingerprint density at radius 2 is 1.91 bits per heavy atom. The number of hydrogen-bond acceptors (Lipinski definition) is 4. The number of rotatable bonds is 6. The van der Waals surface area contributed by atoms with Gasteiger partial charge in [0.05, 0.1) is 18.3 Å². The number of piperazine rings is 1. The van der Waals surface area contributed by atoms with Crippen LogP contribution in [0, 0.1) is 0 Å². The first-order chi connectivity index (χ1) is 10.7. The van der Waals surface area contributed by atoms with Gasteiger partial charge in [-0.2, -0.15) is 0 Å². The van der Waals surface area contributed by atoms with E-state index >= 15 is 0 Å². The van der Waals surface area contributed by atoms with Crippen molar-refractivity contribution in [1.82, 2.24) is 10.2 Å². The lowest BCUT2D eigenvalue weighted by molar-refractivity contribution is -0.125. The van der Waals surface area contributed by atoms with Gasteiger partial charge in [0.25, 0.3) is 0 Å². The van der Waals surface area contributed by atoms with Crippen molar-refractivity contribution in [2.75, 3.05) is 44.2 Å². The van der Waals surface area contributed by atoms with E-state index < -0.39 is 0 Å². The Morgan fingerprint density at radius 1 is 1.23 bits per heavy atom. The third-order valence-corrected chi connectivity index (χ3v) is 4.10. The average molecular weight is 305 g/mol. The van der Waals surface area contributed by atoms with E-state index in [1.54, 1.807) is 0 Å². The van der Waals surface area contributed by atoms with Crippen molar-refractivity contribution in [3.63, 3.8) is 0 Å². The largest absolute Gasteiger partial charge is 0.492 e. The van der Waals surface area contributed by atoms with E-state index in [1.807, 2.05) is 39.0 Å². The molecule has 1 saturated heterocycles. The Bertz CT molecular complexity index is 485. The molecule has 122 valence electrons. The second-order valence-electron chi connectivity index (χ2n) is 5.49. The van der Waals surface area contributed by atoms with Crippen LogP contribution < -0.4 is 15.0 Å². The molecule has 0 aromatic heterocycles. The normalized spacial score (nSPS) is 17.1. The first-order valence-corrected chi connectivity index (χ1v) is 8.15. The van der Waals surface area contributed by atoms with Gasteiger partial charge < -0.3 is 15.0 Å². The summed E-state index contributed by atoms with van der Waals surface area (Å²) in [5, 5.41) is 2.90. The third-order valence-electron chi connectivity index (χ3n) is 4.10. The minimum Gasteiger partial charge on any atom is -0.492 e. The predicted octanol–water partition coefficient (Wildman–Crippen LogP) is 1.73. The van der Waals surface area contributed by atoms with Crippen molar-refractivity contribution in [3.8, 4) is 5.75 Å². The van der Waals surface area contributed by atoms with E-state index in [2.05, 4.69) is 21.2 Å². The van der Waals surface area contributed by atoms with Gasteiger partial charge in [0.1, 0.15) is 5.75 Å². The van der Waals surface area contributed by atoms with Crippen LogP contribution in [0.25, 0.3) is 0 Å². The molecule has 1 fully saturated rings. The maximum Gasteiger partial charge on any atom is 0.237 e. The molecule has 1 aliphatic rings. The Hall–Kier alpha value is -1.75. The maximum atomic E-state index is 11.9. The van der Waals surface area contributed by atoms with Crippen LogP contribution in [0.15, 0.2) is 24.3 Å². The molecule has 1 aromatic rings. The number of benzene rings is 1. The summed E-state index contributed by atoms with van der Waals surface area (Å²) in [4.78, 5) is 16.5. The van der Waals surface area contributed by atoms with Gasteiger partial charge in [-0.15, -0.1) is 0 Å². The zero-order valence-corrected chi connectivity index (χ0v) is 13.8. The number of hydrogen-bond donors (Lipinski definition) is 1. The molecule has 5 nitrogen and oxygen atoms in total. The molecule has 1 atom stereocenters. The standard InChI is InChI=1S/C17H27N3O2/c1-4-18-17(21)14(3)19-10-12-20(13-11-19)15-8-6-7-9-16(15)22-5-2/h6-9,14H,4-5,10-13H2,1-3H3,(H,18,21)/t14-/m0/s1. The number of anilines is 1. The second kappa shape index (κ2) is 8.03. The quantitative estimate of drug-likeness (QED) is 0.869. The number of carbonyl (C=O) groups excluding carboxylic acids is 1. The summed E-state index contributed by atoms with van der Waals surface area (Å²) in [6, 6.07) is 8.10. The van der Waals surface area contributed by atoms with Crippen LogP contribution in [0.1, 0.15) is 20.8 Å². The topological polar surface area (TPSA) is 44.8 Å². The number of amides is 1. The molecule has 2 rings (SSSR count). The minimum atomic E-state index is -0.0655. The minimum absolute atomic E-state index is 0.0655. The fourth-order valence-electron chi connectivity index (χ4n) is 2.83. The molecule has 1 heterocycles. The summed E-state index contributed by atoms with van der Waals surface area (Å²) in [7, 11) is 0. The molecule has 0 radical (unpaired) electrons. The van der Waals surface area contributed by atoms with Gasteiger partial charge in [0, 0.05) is 32.7 Å². The van der Waals surface area contributed by atoms with Crippen molar-refractivity contribution in [1.29, 1.82) is 0 Å². The van der Waals surface area contributed by atoms with Gasteiger partial charge in [0.2, 0.25) is 5.91 Å². The molecule has 1 amide bonds. The molecule has 1 aliphatic heterocycles. The fourth-order valence-corrected chi connectivity index (χ4v) is 2.83. The lowest BCUT2D eigenvalue weighted by Crippen LogP contribution is -2.54. The molecule has 1 N–H and O–H groups in total. The van der Waals surface area contributed by atoms with Crippen LogP contribution in [0.3, 0.4) is 0 Å². The maximum absolute atomic E-state index is 11.9. The zero-order valence-electron chi connectivity index (χ0n) is 13.8. The summed E-state index contributed by atoms with van der Waals surface area (Å²) in [5.74, 6) is 1.06. The van der Waals surface area contributed by atoms with Crippen LogP contribution in [-0.2, 0) is 4.79 Å². The molecule has 0 saturated carbocycles. The summed E-state index contributed by atoms with van der Waals surface area (Å²) >= 11 is 0. The summed E-state index contributed by atoms with van der Waals surface area (Å²) in [6.07, 6.45) is 0. The Morgan fingerprint density at radius 3 is 2.55 bits per heavy atom. The Balaban J connectivity index is 1.96. The monoisotopic (exact) mass is 305 g/mol. The number of carbonyl (C=O) groups is 1. The van der Waals surface area contributed by atoms with Gasteiger partial charge in [-0.25, -0.2) is 0 Å². The zero-order chi connectivity index (χ0) is 15.9. The van der Waals surface area contributed by atoms with Crippen molar-refractivity contribution in [2.24, 2.45) is 0 Å². The van der Waals surface area contributed by atoms with Crippen LogP contribution in [0.5, 0.6) is 5.75 Å². The number of nitrogens with zero attached hydrogens (tertiary/aromatic N) is 2. The molecule has 0 unspecified atom stereocenters. The molecular weight excluding hydrogens is 278 g/mol. The highest BCUT2D eigenvalue weighted by Gasteiger charge is 2.26. The summed E-state index contributed by atoms with van der Waals surface area (Å²) < 4.78 is 5.72. The second-order valence-corrected chi connectivity index (χ2v) is 5.49. The predicted molar refractivity (Wildman–Crippen MR) is 89.5 cm³/mol. The summed E-state index contributed by atoms with van der Waals surface area (Å²) in [6.45, 7) is 10.9. The SMILES string of the molecule is CCNC(=O)[C@H](C)N1CCN(c2ccccc2OCC)CC1. The van der Waals surface area contributed by atoms with Gasteiger partial charge >= 0.3 is 0 Å². The van der Waals surface area contributed by atoms with Crippen LogP contribution in [-0.4, -0.2) is 56.2 Å². The van der Waals surface area contributed by atoms with Gasteiger partial charge in [-0.1, -0.05) is 12.1 Å². The summed E-state index contributed by atoms with van der Waals surface area (Å²) in [5.41, 5.74) is 1.15. The molecule has 22 heavy (non-hydrogen) atoms. The van der Waals surface area contributed by atoms with Crippen LogP contribution in [0.2, 0.25) is 0 Å². The molecule has 0 aliphatic carbocycles. The highest BCUT2D eigenvalue weighted by molar-refractivity contribution is 5.81. The highest BCUT2D eigenvalue weighted by Crippen LogP contribution is 2.28. The van der Waals surface area contributed by atoms with E-state index in [0.717, 1.165) is 37.6 Å². The molecule has 0 spiro atoms. The fraction of sp³-hybridized carbons (Fsp3) is 0.588. The van der Waals surface area contributed by atoms with E-state index in [9.17, 15) is 4.79 Å². The van der Waals surface area contributed by atoms with E-state index in [-0.39, 0.29) is 11.9 Å². The van der Waals surface area contributed by atoms with Crippen molar-refractivity contribution in [3.05, 3.63) is 24.3 Å². The number of para-hydroxylation sites is 2. The first-order valence-electron chi connectivity index (χ1n) is 8.15. The van der Waals surface area contributed by atoms with Crippen molar-refractivity contribution < 1.29 is 9.53 Å². The number of nitrogens with one attached hydrogen (secondary N) is 1. The van der Waals surface area contributed by atoms with Gasteiger partial charge in [0.15, 0.2) is 0 Å². The van der Waals surface area contributed by atoms with E-state index in [4.69, 9.17) is 4.74 Å². The van der Waals surface area contributed by atoms with Crippen molar-refractivity contribution in [2.45, 2.75) is 26.8 Å². The molecular formula is C17H27N3O2. The average Bonchev–Trinajstić information content (AvgIpc) is 2.55. The van der Waals surface area contributed by atoms with Gasteiger partial charge in [-0.3, -0.25) is 9.69 Å². The third kappa shape index (κ3) is 3.91. The van der Waals surface area contributed by atoms with Gasteiger partial charge in [-0.05, 0) is 32.9 Å².